The van der Waals surface area contributed by atoms with E-state index < -0.39 is 0 Å². The van der Waals surface area contributed by atoms with Gasteiger partial charge in [-0.1, -0.05) is 19.8 Å². The molecule has 1 N–H and O–H groups in total. The molecule has 0 aromatic carbocycles. The fourth-order valence-corrected chi connectivity index (χ4v) is 2.36. The Morgan fingerprint density at radius 1 is 1.31 bits per heavy atom. The molecule has 0 spiro atoms. The Hall–Kier alpha value is -1.06. The Bertz CT molecular complexity index is 257. The van der Waals surface area contributed by atoms with Gasteiger partial charge in [0.1, 0.15) is 0 Å². The second kappa shape index (κ2) is 5.87. The highest BCUT2D eigenvalue weighted by Gasteiger charge is 2.38. The normalized spacial score (nSPS) is 18.1. The zero-order valence-corrected chi connectivity index (χ0v) is 10.2. The zero-order chi connectivity index (χ0) is 12.0. The van der Waals surface area contributed by atoms with E-state index in [9.17, 15) is 9.59 Å². The second-order valence-corrected chi connectivity index (χ2v) is 4.42. The first-order valence-corrected chi connectivity index (χ1v) is 6.00. The van der Waals surface area contributed by atoms with Crippen LogP contribution in [0.5, 0.6) is 0 Å². The van der Waals surface area contributed by atoms with Gasteiger partial charge in [0.05, 0.1) is 13.5 Å². The maximum Gasteiger partial charge on any atom is 0.307 e. The van der Waals surface area contributed by atoms with Crippen molar-refractivity contribution < 1.29 is 14.3 Å². The number of methoxy groups -OCH3 is 1. The van der Waals surface area contributed by atoms with E-state index in [0.29, 0.717) is 6.54 Å². The number of carbonyl (C=O) groups excluding carboxylic acids is 2. The maximum absolute atomic E-state index is 12.0. The molecule has 92 valence electrons. The van der Waals surface area contributed by atoms with Crippen LogP contribution in [0.3, 0.4) is 0 Å². The maximum atomic E-state index is 12.0. The van der Waals surface area contributed by atoms with Crippen LogP contribution in [0, 0.1) is 5.41 Å². The molecule has 1 aliphatic rings. The predicted octanol–water partition coefficient (Wildman–Crippen LogP) is 1.64. The third-order valence-corrected chi connectivity index (χ3v) is 3.56. The lowest BCUT2D eigenvalue weighted by molar-refractivity contribution is -0.140. The number of nitrogens with one attached hydrogen (secondary N) is 1. The van der Waals surface area contributed by atoms with Gasteiger partial charge in [-0.15, -0.1) is 0 Å². The van der Waals surface area contributed by atoms with Gasteiger partial charge in [-0.2, -0.15) is 0 Å². The summed E-state index contributed by atoms with van der Waals surface area (Å²) in [4.78, 5) is 22.9. The number of amides is 1. The lowest BCUT2D eigenvalue weighted by Crippen LogP contribution is -2.39. The van der Waals surface area contributed by atoms with Crippen molar-refractivity contribution in [2.75, 3.05) is 13.7 Å². The molecule has 0 aliphatic heterocycles. The Balaban J connectivity index is 2.36. The minimum absolute atomic E-state index is 0.108. The van der Waals surface area contributed by atoms with Crippen molar-refractivity contribution in [2.45, 2.75) is 45.4 Å². The monoisotopic (exact) mass is 227 g/mol. The van der Waals surface area contributed by atoms with Crippen LogP contribution >= 0.6 is 0 Å². The van der Waals surface area contributed by atoms with Crippen molar-refractivity contribution in [2.24, 2.45) is 5.41 Å². The van der Waals surface area contributed by atoms with Crippen molar-refractivity contribution in [3.05, 3.63) is 0 Å². The Morgan fingerprint density at radius 2 is 1.94 bits per heavy atom. The summed E-state index contributed by atoms with van der Waals surface area (Å²) in [6.07, 6.45) is 5.37. The van der Waals surface area contributed by atoms with E-state index in [1.807, 2.05) is 0 Å². The van der Waals surface area contributed by atoms with E-state index in [1.165, 1.54) is 7.11 Å². The molecule has 0 aromatic heterocycles. The van der Waals surface area contributed by atoms with Gasteiger partial charge in [-0.05, 0) is 19.3 Å². The van der Waals surface area contributed by atoms with Crippen LogP contribution in [-0.2, 0) is 14.3 Å². The van der Waals surface area contributed by atoms with Crippen LogP contribution < -0.4 is 5.32 Å². The topological polar surface area (TPSA) is 55.4 Å². The van der Waals surface area contributed by atoms with Gasteiger partial charge in [0.25, 0.3) is 0 Å². The molecule has 1 rings (SSSR count). The summed E-state index contributed by atoms with van der Waals surface area (Å²) in [6.45, 7) is 2.44. The average Bonchev–Trinajstić information content (AvgIpc) is 2.78. The third kappa shape index (κ3) is 2.97. The van der Waals surface area contributed by atoms with Gasteiger partial charge in [0.15, 0.2) is 0 Å². The molecule has 1 fully saturated rings. The van der Waals surface area contributed by atoms with E-state index in [0.717, 1.165) is 32.1 Å². The molecule has 0 radical (unpaired) electrons. The molecule has 4 nitrogen and oxygen atoms in total. The first-order chi connectivity index (χ1) is 7.64. The highest BCUT2D eigenvalue weighted by molar-refractivity contribution is 5.83. The molecule has 0 unspecified atom stereocenters. The SMILES string of the molecule is CCC1(C(=O)NCCC(=O)OC)CCCC1. The summed E-state index contributed by atoms with van der Waals surface area (Å²) in [5.74, 6) is -0.173. The third-order valence-electron chi connectivity index (χ3n) is 3.56. The van der Waals surface area contributed by atoms with Crippen LogP contribution in [0.1, 0.15) is 45.4 Å². The van der Waals surface area contributed by atoms with Crippen LogP contribution in [0.4, 0.5) is 0 Å². The lowest BCUT2D eigenvalue weighted by Gasteiger charge is -2.25. The largest absolute Gasteiger partial charge is 0.469 e. The standard InChI is InChI=1S/C12H21NO3/c1-3-12(7-4-5-8-12)11(15)13-9-6-10(14)16-2/h3-9H2,1-2H3,(H,13,15). The van der Waals surface area contributed by atoms with Crippen molar-refractivity contribution in [3.8, 4) is 0 Å². The summed E-state index contributed by atoms with van der Waals surface area (Å²) in [6, 6.07) is 0. The van der Waals surface area contributed by atoms with Crippen LogP contribution in [0.2, 0.25) is 0 Å². The fourth-order valence-electron chi connectivity index (χ4n) is 2.36. The van der Waals surface area contributed by atoms with E-state index in [-0.39, 0.29) is 23.7 Å². The molecule has 1 amide bonds. The zero-order valence-electron chi connectivity index (χ0n) is 10.2. The van der Waals surface area contributed by atoms with E-state index in [2.05, 4.69) is 17.0 Å². The number of hydrogen-bond donors (Lipinski definition) is 1. The number of esters is 1. The first kappa shape index (κ1) is 13.0. The van der Waals surface area contributed by atoms with Gasteiger partial charge < -0.3 is 10.1 Å². The molecule has 16 heavy (non-hydrogen) atoms. The Kier molecular flexibility index (Phi) is 4.77. The molecule has 0 bridgehead atoms. The molecule has 1 aliphatic carbocycles. The molecule has 0 atom stereocenters. The summed E-state index contributed by atoms with van der Waals surface area (Å²) in [5, 5.41) is 2.84. The molecular formula is C12H21NO3. The van der Waals surface area contributed by atoms with Gasteiger partial charge in [0.2, 0.25) is 5.91 Å². The van der Waals surface area contributed by atoms with Crippen molar-refractivity contribution in [1.82, 2.24) is 5.32 Å². The van der Waals surface area contributed by atoms with Crippen LogP contribution in [0.15, 0.2) is 0 Å². The van der Waals surface area contributed by atoms with Crippen molar-refractivity contribution in [1.29, 1.82) is 0 Å². The number of hydrogen-bond acceptors (Lipinski definition) is 3. The van der Waals surface area contributed by atoms with Gasteiger partial charge >= 0.3 is 5.97 Å². The van der Waals surface area contributed by atoms with E-state index in [1.54, 1.807) is 0 Å². The fraction of sp³-hybridized carbons (Fsp3) is 0.833. The van der Waals surface area contributed by atoms with Crippen LogP contribution in [-0.4, -0.2) is 25.5 Å². The summed E-state index contributed by atoms with van der Waals surface area (Å²) >= 11 is 0. The van der Waals surface area contributed by atoms with Crippen molar-refractivity contribution >= 4 is 11.9 Å². The highest BCUT2D eigenvalue weighted by atomic mass is 16.5. The summed E-state index contributed by atoms with van der Waals surface area (Å²) < 4.78 is 4.52. The van der Waals surface area contributed by atoms with Crippen LogP contribution in [0.25, 0.3) is 0 Å². The minimum Gasteiger partial charge on any atom is -0.469 e. The smallest absolute Gasteiger partial charge is 0.307 e. The first-order valence-electron chi connectivity index (χ1n) is 6.00. The van der Waals surface area contributed by atoms with E-state index in [4.69, 9.17) is 0 Å². The predicted molar refractivity (Wildman–Crippen MR) is 60.8 cm³/mol. The Morgan fingerprint density at radius 3 is 2.44 bits per heavy atom. The number of rotatable bonds is 5. The highest BCUT2D eigenvalue weighted by Crippen LogP contribution is 2.40. The summed E-state index contributed by atoms with van der Waals surface area (Å²) in [5.41, 5.74) is -0.171. The molecule has 1 saturated carbocycles. The van der Waals surface area contributed by atoms with Gasteiger partial charge in [-0.3, -0.25) is 9.59 Å². The quantitative estimate of drug-likeness (QED) is 0.726. The minimum atomic E-state index is -0.280. The molecule has 4 heteroatoms. The number of ether oxygens (including phenoxy) is 1. The van der Waals surface area contributed by atoms with Gasteiger partial charge in [-0.25, -0.2) is 0 Å². The lowest BCUT2D eigenvalue weighted by atomic mass is 9.82. The van der Waals surface area contributed by atoms with Gasteiger partial charge in [0, 0.05) is 12.0 Å². The molecule has 0 aromatic rings. The van der Waals surface area contributed by atoms with E-state index >= 15 is 0 Å². The van der Waals surface area contributed by atoms with Crippen molar-refractivity contribution in [3.63, 3.8) is 0 Å². The number of carbonyl (C=O) groups is 2. The summed E-state index contributed by atoms with van der Waals surface area (Å²) in [7, 11) is 1.36. The Labute approximate surface area is 96.7 Å². The molecule has 0 heterocycles. The molecule has 0 saturated heterocycles. The second-order valence-electron chi connectivity index (χ2n) is 4.42. The molecular weight excluding hydrogens is 206 g/mol. The average molecular weight is 227 g/mol.